The van der Waals surface area contributed by atoms with E-state index < -0.39 is 12.8 Å². The lowest BCUT2D eigenvalue weighted by Gasteiger charge is -2.14. The van der Waals surface area contributed by atoms with Gasteiger partial charge in [0.15, 0.2) is 0 Å². The van der Waals surface area contributed by atoms with Crippen molar-refractivity contribution >= 4 is 11.6 Å². The zero-order chi connectivity index (χ0) is 15.9. The molecular formula is C12H20F3N5O. The highest BCUT2D eigenvalue weighted by Gasteiger charge is 2.27. The largest absolute Gasteiger partial charge is 0.411 e. The zero-order valence-corrected chi connectivity index (χ0v) is 12.0. The summed E-state index contributed by atoms with van der Waals surface area (Å²) < 4.78 is 40.3. The molecule has 0 unspecified atom stereocenters. The second-order valence-electron chi connectivity index (χ2n) is 4.45. The third-order valence-corrected chi connectivity index (χ3v) is 2.61. The molecule has 0 saturated heterocycles. The molecule has 0 aliphatic heterocycles. The second-order valence-corrected chi connectivity index (χ2v) is 4.45. The summed E-state index contributed by atoms with van der Waals surface area (Å²) in [6.45, 7) is 2.65. The molecule has 6 nitrogen and oxygen atoms in total. The van der Waals surface area contributed by atoms with Gasteiger partial charge in [-0.25, -0.2) is 15.8 Å². The molecule has 1 heterocycles. The molecule has 0 amide bonds. The summed E-state index contributed by atoms with van der Waals surface area (Å²) in [6, 6.07) is 0. The smallest absolute Gasteiger partial charge is 0.370 e. The first-order valence-corrected chi connectivity index (χ1v) is 6.60. The predicted molar refractivity (Wildman–Crippen MR) is 73.9 cm³/mol. The third-order valence-electron chi connectivity index (χ3n) is 2.61. The van der Waals surface area contributed by atoms with E-state index in [1.54, 1.807) is 6.92 Å². The zero-order valence-electron chi connectivity index (χ0n) is 12.0. The number of ether oxygens (including phenoxy) is 1. The van der Waals surface area contributed by atoms with Crippen molar-refractivity contribution in [1.82, 2.24) is 9.97 Å². The van der Waals surface area contributed by atoms with Crippen LogP contribution in [0.5, 0.6) is 0 Å². The number of aryl methyl sites for hydroxylation is 1. The minimum atomic E-state index is -4.31. The van der Waals surface area contributed by atoms with Crippen LogP contribution in [0.1, 0.15) is 24.7 Å². The molecule has 0 aliphatic rings. The number of hydrazine groups is 1. The number of nitrogens with one attached hydrogen (secondary N) is 2. The minimum absolute atomic E-state index is 0.0720. The van der Waals surface area contributed by atoms with Crippen LogP contribution in [0, 0.1) is 6.92 Å². The Morgan fingerprint density at radius 2 is 1.90 bits per heavy atom. The molecule has 0 spiro atoms. The first-order chi connectivity index (χ1) is 9.87. The highest BCUT2D eigenvalue weighted by molar-refractivity contribution is 5.56. The minimum Gasteiger partial charge on any atom is -0.370 e. The topological polar surface area (TPSA) is 85.1 Å². The SMILES string of the molecule is CCCc1nc(NN)c(C)c(NCCOCC(F)(F)F)n1. The molecule has 120 valence electrons. The monoisotopic (exact) mass is 307 g/mol. The van der Waals surface area contributed by atoms with Crippen molar-refractivity contribution in [1.29, 1.82) is 0 Å². The fraction of sp³-hybridized carbons (Fsp3) is 0.667. The molecule has 0 aromatic carbocycles. The summed E-state index contributed by atoms with van der Waals surface area (Å²) in [5, 5.41) is 2.93. The van der Waals surface area contributed by atoms with Crippen molar-refractivity contribution in [2.45, 2.75) is 32.9 Å². The lowest BCUT2D eigenvalue weighted by molar-refractivity contribution is -0.172. The van der Waals surface area contributed by atoms with Gasteiger partial charge < -0.3 is 15.5 Å². The number of halogens is 3. The molecule has 0 atom stereocenters. The van der Waals surface area contributed by atoms with Gasteiger partial charge in [-0.2, -0.15) is 13.2 Å². The van der Waals surface area contributed by atoms with Crippen molar-refractivity contribution in [3.05, 3.63) is 11.4 Å². The van der Waals surface area contributed by atoms with Crippen LogP contribution in [0.25, 0.3) is 0 Å². The standard InChI is InChI=1S/C12H20F3N5O/c1-3-4-9-18-10(8(2)11(19-9)20-16)17-5-6-21-7-12(13,14)15/h3-7,16H2,1-2H3,(H2,17,18,19,20). The molecule has 1 aromatic rings. The maximum atomic E-state index is 11.9. The second kappa shape index (κ2) is 7.99. The Bertz CT molecular complexity index is 453. The Kier molecular flexibility index (Phi) is 6.63. The highest BCUT2D eigenvalue weighted by atomic mass is 19.4. The number of nitrogens with zero attached hydrogens (tertiary/aromatic N) is 2. The Morgan fingerprint density at radius 3 is 2.48 bits per heavy atom. The Balaban J connectivity index is 2.59. The first-order valence-electron chi connectivity index (χ1n) is 6.60. The normalized spacial score (nSPS) is 11.5. The van der Waals surface area contributed by atoms with Gasteiger partial charge in [-0.15, -0.1) is 0 Å². The Morgan fingerprint density at radius 1 is 1.24 bits per heavy atom. The van der Waals surface area contributed by atoms with Gasteiger partial charge in [0.05, 0.1) is 6.61 Å². The molecule has 21 heavy (non-hydrogen) atoms. The maximum Gasteiger partial charge on any atom is 0.411 e. The van der Waals surface area contributed by atoms with E-state index in [-0.39, 0.29) is 13.2 Å². The lowest BCUT2D eigenvalue weighted by atomic mass is 10.2. The van der Waals surface area contributed by atoms with E-state index in [1.165, 1.54) is 0 Å². The quantitative estimate of drug-likeness (QED) is 0.387. The van der Waals surface area contributed by atoms with Gasteiger partial charge in [-0.05, 0) is 13.3 Å². The van der Waals surface area contributed by atoms with E-state index >= 15 is 0 Å². The van der Waals surface area contributed by atoms with E-state index in [0.29, 0.717) is 29.4 Å². The van der Waals surface area contributed by atoms with Gasteiger partial charge in [-0.1, -0.05) is 6.92 Å². The van der Waals surface area contributed by atoms with Crippen molar-refractivity contribution in [3.63, 3.8) is 0 Å². The van der Waals surface area contributed by atoms with Crippen LogP contribution >= 0.6 is 0 Å². The van der Waals surface area contributed by atoms with E-state index in [4.69, 9.17) is 5.84 Å². The molecule has 0 aliphatic carbocycles. The van der Waals surface area contributed by atoms with Crippen LogP contribution in [0.2, 0.25) is 0 Å². The number of nitrogens with two attached hydrogens (primary N) is 1. The van der Waals surface area contributed by atoms with Gasteiger partial charge in [0.25, 0.3) is 0 Å². The lowest BCUT2D eigenvalue weighted by Crippen LogP contribution is -2.21. The van der Waals surface area contributed by atoms with Gasteiger partial charge in [0.2, 0.25) is 0 Å². The average Bonchev–Trinajstić information content (AvgIpc) is 2.40. The number of rotatable bonds is 8. The fourth-order valence-electron chi connectivity index (χ4n) is 1.64. The summed E-state index contributed by atoms with van der Waals surface area (Å²) in [5.41, 5.74) is 3.19. The van der Waals surface area contributed by atoms with Gasteiger partial charge in [0, 0.05) is 18.5 Å². The molecular weight excluding hydrogens is 287 g/mol. The van der Waals surface area contributed by atoms with Gasteiger partial charge >= 0.3 is 6.18 Å². The summed E-state index contributed by atoms with van der Waals surface area (Å²) >= 11 is 0. The van der Waals surface area contributed by atoms with E-state index in [2.05, 4.69) is 25.4 Å². The molecule has 1 aromatic heterocycles. The molecule has 0 fully saturated rings. The molecule has 0 radical (unpaired) electrons. The molecule has 9 heteroatoms. The molecule has 0 bridgehead atoms. The van der Waals surface area contributed by atoms with Crippen molar-refractivity contribution in [2.75, 3.05) is 30.5 Å². The number of hydrogen-bond donors (Lipinski definition) is 3. The molecule has 0 saturated carbocycles. The number of alkyl halides is 3. The van der Waals surface area contributed by atoms with E-state index in [1.807, 2.05) is 6.92 Å². The van der Waals surface area contributed by atoms with Crippen LogP contribution in [-0.2, 0) is 11.2 Å². The average molecular weight is 307 g/mol. The predicted octanol–water partition coefficient (Wildman–Crippen LogP) is 2.01. The van der Waals surface area contributed by atoms with Crippen LogP contribution in [0.15, 0.2) is 0 Å². The fourth-order valence-corrected chi connectivity index (χ4v) is 1.64. The third kappa shape index (κ3) is 6.13. The van der Waals surface area contributed by atoms with Gasteiger partial charge in [-0.3, -0.25) is 0 Å². The van der Waals surface area contributed by atoms with E-state index in [9.17, 15) is 13.2 Å². The van der Waals surface area contributed by atoms with Crippen LogP contribution in [0.4, 0.5) is 24.8 Å². The van der Waals surface area contributed by atoms with Crippen molar-refractivity contribution in [2.24, 2.45) is 5.84 Å². The number of anilines is 2. The number of nitrogen functional groups attached to an aromatic ring is 1. The van der Waals surface area contributed by atoms with Crippen LogP contribution in [0.3, 0.4) is 0 Å². The Hall–Kier alpha value is -1.61. The van der Waals surface area contributed by atoms with Crippen molar-refractivity contribution < 1.29 is 17.9 Å². The first kappa shape index (κ1) is 17.4. The van der Waals surface area contributed by atoms with E-state index in [0.717, 1.165) is 6.42 Å². The highest BCUT2D eigenvalue weighted by Crippen LogP contribution is 2.19. The number of hydrogen-bond acceptors (Lipinski definition) is 6. The van der Waals surface area contributed by atoms with Gasteiger partial charge in [0.1, 0.15) is 24.1 Å². The summed E-state index contributed by atoms with van der Waals surface area (Å²) in [6.07, 6.45) is -2.74. The number of aromatic nitrogens is 2. The molecule has 1 rings (SSSR count). The summed E-state index contributed by atoms with van der Waals surface area (Å²) in [4.78, 5) is 8.57. The Labute approximate surface area is 121 Å². The maximum absolute atomic E-state index is 11.9. The summed E-state index contributed by atoms with van der Waals surface area (Å²) in [5.74, 6) is 7.04. The van der Waals surface area contributed by atoms with Crippen molar-refractivity contribution in [3.8, 4) is 0 Å². The summed E-state index contributed by atoms with van der Waals surface area (Å²) in [7, 11) is 0. The van der Waals surface area contributed by atoms with Crippen LogP contribution < -0.4 is 16.6 Å². The van der Waals surface area contributed by atoms with Crippen LogP contribution in [-0.4, -0.2) is 35.9 Å². The molecule has 4 N–H and O–H groups in total.